The number of piperidine rings is 1. The van der Waals surface area contributed by atoms with E-state index in [1.54, 1.807) is 12.4 Å². The number of carbonyl (C=O) groups excluding carboxylic acids is 1. The van der Waals surface area contributed by atoms with E-state index in [2.05, 4.69) is 44.7 Å². The average molecular weight is 284 g/mol. The first-order valence-corrected chi connectivity index (χ1v) is 7.37. The van der Waals surface area contributed by atoms with Gasteiger partial charge in [-0.1, -0.05) is 30.3 Å². The van der Waals surface area contributed by atoms with Gasteiger partial charge in [-0.05, 0) is 18.4 Å². The molecular formula is C16H20N4O. The van der Waals surface area contributed by atoms with Crippen molar-refractivity contribution in [1.82, 2.24) is 20.4 Å². The lowest BCUT2D eigenvalue weighted by molar-refractivity contribution is 0.0909. The summed E-state index contributed by atoms with van der Waals surface area (Å²) in [4.78, 5) is 14.4. The summed E-state index contributed by atoms with van der Waals surface area (Å²) in [5.41, 5.74) is 1.94. The highest BCUT2D eigenvalue weighted by molar-refractivity contribution is 5.93. The van der Waals surface area contributed by atoms with Gasteiger partial charge in [0.25, 0.3) is 5.91 Å². The Kier molecular flexibility index (Phi) is 4.31. The van der Waals surface area contributed by atoms with Crippen LogP contribution in [0.5, 0.6) is 0 Å². The van der Waals surface area contributed by atoms with Crippen molar-refractivity contribution in [3.8, 4) is 0 Å². The fourth-order valence-corrected chi connectivity index (χ4v) is 2.72. The Hall–Kier alpha value is -2.14. The Morgan fingerprint density at radius 1 is 1.29 bits per heavy atom. The number of rotatable bonds is 4. The van der Waals surface area contributed by atoms with E-state index < -0.39 is 0 Å². The van der Waals surface area contributed by atoms with Gasteiger partial charge in [-0.3, -0.25) is 14.8 Å². The minimum atomic E-state index is -0.0368. The zero-order valence-corrected chi connectivity index (χ0v) is 12.0. The molecule has 1 saturated heterocycles. The molecule has 1 aliphatic heterocycles. The fraction of sp³-hybridized carbons (Fsp3) is 0.375. The third-order valence-electron chi connectivity index (χ3n) is 3.93. The number of amides is 1. The molecule has 0 aliphatic carbocycles. The number of nitrogens with zero attached hydrogens (tertiary/aromatic N) is 2. The molecule has 0 bridgehead atoms. The number of likely N-dealkylation sites (tertiary alicyclic amines) is 1. The summed E-state index contributed by atoms with van der Waals surface area (Å²) in [6.45, 7) is 3.03. The molecule has 2 heterocycles. The van der Waals surface area contributed by atoms with Gasteiger partial charge < -0.3 is 5.32 Å². The second-order valence-corrected chi connectivity index (χ2v) is 5.50. The number of nitrogens with one attached hydrogen (secondary N) is 2. The number of hydrogen-bond donors (Lipinski definition) is 2. The second-order valence-electron chi connectivity index (χ2n) is 5.50. The van der Waals surface area contributed by atoms with Crippen LogP contribution >= 0.6 is 0 Å². The van der Waals surface area contributed by atoms with E-state index in [0.717, 1.165) is 32.5 Å². The van der Waals surface area contributed by atoms with Crippen LogP contribution in [-0.2, 0) is 6.54 Å². The molecule has 1 aromatic heterocycles. The standard InChI is InChI=1S/C16H20N4O/c21-16(14-10-17-18-11-14)19-15-6-8-20(9-7-15)12-13-4-2-1-3-5-13/h1-5,10-11,15H,6-9,12H2,(H,17,18)(H,19,21). The molecule has 110 valence electrons. The average Bonchev–Trinajstić information content (AvgIpc) is 3.05. The normalized spacial score (nSPS) is 16.8. The molecule has 1 aromatic carbocycles. The van der Waals surface area contributed by atoms with Gasteiger partial charge in [0.05, 0.1) is 11.8 Å². The molecule has 1 aliphatic rings. The van der Waals surface area contributed by atoms with Crippen LogP contribution in [0.25, 0.3) is 0 Å². The maximum absolute atomic E-state index is 12.0. The van der Waals surface area contributed by atoms with Crippen LogP contribution in [0.3, 0.4) is 0 Å². The van der Waals surface area contributed by atoms with Crippen LogP contribution in [0.4, 0.5) is 0 Å². The Labute approximate surface area is 124 Å². The quantitative estimate of drug-likeness (QED) is 0.900. The number of aromatic amines is 1. The number of benzene rings is 1. The Morgan fingerprint density at radius 2 is 2.05 bits per heavy atom. The van der Waals surface area contributed by atoms with E-state index in [4.69, 9.17) is 0 Å². The maximum Gasteiger partial charge on any atom is 0.254 e. The molecule has 21 heavy (non-hydrogen) atoms. The molecule has 5 nitrogen and oxygen atoms in total. The lowest BCUT2D eigenvalue weighted by Crippen LogP contribution is -2.44. The third-order valence-corrected chi connectivity index (χ3v) is 3.93. The number of hydrogen-bond acceptors (Lipinski definition) is 3. The topological polar surface area (TPSA) is 61.0 Å². The van der Waals surface area contributed by atoms with E-state index in [-0.39, 0.29) is 11.9 Å². The molecule has 0 spiro atoms. The highest BCUT2D eigenvalue weighted by Gasteiger charge is 2.21. The van der Waals surface area contributed by atoms with Crippen LogP contribution in [0.2, 0.25) is 0 Å². The lowest BCUT2D eigenvalue weighted by Gasteiger charge is -2.32. The lowest BCUT2D eigenvalue weighted by atomic mass is 10.0. The highest BCUT2D eigenvalue weighted by Crippen LogP contribution is 2.14. The molecule has 1 amide bonds. The molecule has 3 rings (SSSR count). The van der Waals surface area contributed by atoms with E-state index in [9.17, 15) is 4.79 Å². The van der Waals surface area contributed by atoms with Crippen molar-refractivity contribution in [2.75, 3.05) is 13.1 Å². The van der Waals surface area contributed by atoms with Crippen LogP contribution in [0, 0.1) is 0 Å². The first kappa shape index (κ1) is 13.8. The molecular weight excluding hydrogens is 264 g/mol. The molecule has 5 heteroatoms. The molecule has 1 fully saturated rings. The van der Waals surface area contributed by atoms with E-state index in [1.165, 1.54) is 5.56 Å². The van der Waals surface area contributed by atoms with Crippen molar-refractivity contribution < 1.29 is 4.79 Å². The molecule has 0 saturated carbocycles. The molecule has 2 N–H and O–H groups in total. The summed E-state index contributed by atoms with van der Waals surface area (Å²) in [6.07, 6.45) is 5.17. The molecule has 0 atom stereocenters. The van der Waals surface area contributed by atoms with Gasteiger partial charge in [0.2, 0.25) is 0 Å². The van der Waals surface area contributed by atoms with Gasteiger partial charge >= 0.3 is 0 Å². The first-order valence-electron chi connectivity index (χ1n) is 7.37. The summed E-state index contributed by atoms with van der Waals surface area (Å²) in [6, 6.07) is 10.8. The largest absolute Gasteiger partial charge is 0.349 e. The van der Waals surface area contributed by atoms with E-state index in [1.807, 2.05) is 6.07 Å². The van der Waals surface area contributed by atoms with Gasteiger partial charge in [0, 0.05) is 31.9 Å². The molecule has 0 unspecified atom stereocenters. The Bertz CT molecular complexity index is 559. The van der Waals surface area contributed by atoms with Crippen molar-refractivity contribution in [3.63, 3.8) is 0 Å². The summed E-state index contributed by atoms with van der Waals surface area (Å²) >= 11 is 0. The van der Waals surface area contributed by atoms with Gasteiger partial charge in [-0.15, -0.1) is 0 Å². The number of aromatic nitrogens is 2. The van der Waals surface area contributed by atoms with Gasteiger partial charge in [0.15, 0.2) is 0 Å². The first-order chi connectivity index (χ1) is 10.3. The minimum Gasteiger partial charge on any atom is -0.349 e. The zero-order chi connectivity index (χ0) is 14.5. The second kappa shape index (κ2) is 6.54. The van der Waals surface area contributed by atoms with Crippen molar-refractivity contribution >= 4 is 5.91 Å². The van der Waals surface area contributed by atoms with E-state index >= 15 is 0 Å². The predicted molar refractivity (Wildman–Crippen MR) is 80.8 cm³/mol. The Balaban J connectivity index is 1.46. The van der Waals surface area contributed by atoms with Crippen molar-refractivity contribution in [1.29, 1.82) is 0 Å². The smallest absolute Gasteiger partial charge is 0.254 e. The van der Waals surface area contributed by atoms with Gasteiger partial charge in [-0.25, -0.2) is 0 Å². The summed E-state index contributed by atoms with van der Waals surface area (Å²) < 4.78 is 0. The van der Waals surface area contributed by atoms with E-state index in [0.29, 0.717) is 5.56 Å². The third kappa shape index (κ3) is 3.70. The van der Waals surface area contributed by atoms with Gasteiger partial charge in [0.1, 0.15) is 0 Å². The van der Waals surface area contributed by atoms with Crippen molar-refractivity contribution in [3.05, 3.63) is 53.9 Å². The SMILES string of the molecule is O=C(NC1CCN(Cc2ccccc2)CC1)c1cn[nH]c1. The number of carbonyl (C=O) groups is 1. The molecule has 0 radical (unpaired) electrons. The molecule has 2 aromatic rings. The fourth-order valence-electron chi connectivity index (χ4n) is 2.72. The van der Waals surface area contributed by atoms with Crippen molar-refractivity contribution in [2.45, 2.75) is 25.4 Å². The van der Waals surface area contributed by atoms with Crippen LogP contribution in [0.15, 0.2) is 42.7 Å². The monoisotopic (exact) mass is 284 g/mol. The van der Waals surface area contributed by atoms with Crippen molar-refractivity contribution in [2.24, 2.45) is 0 Å². The predicted octanol–water partition coefficient (Wildman–Crippen LogP) is 1.80. The maximum atomic E-state index is 12.0. The summed E-state index contributed by atoms with van der Waals surface area (Å²) in [7, 11) is 0. The van der Waals surface area contributed by atoms with Gasteiger partial charge in [-0.2, -0.15) is 5.10 Å². The Morgan fingerprint density at radius 3 is 2.71 bits per heavy atom. The summed E-state index contributed by atoms with van der Waals surface area (Å²) in [5.74, 6) is -0.0368. The summed E-state index contributed by atoms with van der Waals surface area (Å²) in [5, 5.41) is 9.54. The number of H-pyrrole nitrogens is 1. The van der Waals surface area contributed by atoms with Crippen LogP contribution < -0.4 is 5.32 Å². The zero-order valence-electron chi connectivity index (χ0n) is 12.0. The van der Waals surface area contributed by atoms with Crippen LogP contribution in [-0.4, -0.2) is 40.1 Å². The minimum absolute atomic E-state index is 0.0368. The highest BCUT2D eigenvalue weighted by atomic mass is 16.1. The van der Waals surface area contributed by atoms with Crippen LogP contribution in [0.1, 0.15) is 28.8 Å².